The van der Waals surface area contributed by atoms with Crippen molar-refractivity contribution in [2.45, 2.75) is 83.7 Å². The quantitative estimate of drug-likeness (QED) is 0.320. The van der Waals surface area contributed by atoms with Crippen LogP contribution in [0.15, 0.2) is 24.3 Å². The van der Waals surface area contributed by atoms with Crippen molar-refractivity contribution in [3.8, 4) is 0 Å². The van der Waals surface area contributed by atoms with E-state index in [2.05, 4.69) is 31.2 Å². The minimum Gasteiger partial charge on any atom is -0.479 e. The van der Waals surface area contributed by atoms with E-state index >= 15 is 0 Å². The van der Waals surface area contributed by atoms with Crippen molar-refractivity contribution in [1.29, 1.82) is 0 Å². The third kappa shape index (κ3) is 13.9. The maximum atomic E-state index is 10.8. The highest BCUT2D eigenvalue weighted by atomic mass is 16.5. The summed E-state index contributed by atoms with van der Waals surface area (Å²) >= 11 is 0. The van der Waals surface area contributed by atoms with Gasteiger partial charge >= 0.3 is 5.97 Å². The van der Waals surface area contributed by atoms with Gasteiger partial charge in [-0.05, 0) is 38.5 Å². The number of allylic oxidation sites excluding steroid dienone is 4. The summed E-state index contributed by atoms with van der Waals surface area (Å²) in [5.41, 5.74) is 0. The SMILES string of the molecule is CCCCC/C=C\C/C=C\CCCCCCC(OC)C(=O)O. The van der Waals surface area contributed by atoms with Crippen LogP contribution in [0.3, 0.4) is 0 Å². The van der Waals surface area contributed by atoms with Crippen LogP contribution in [0.4, 0.5) is 0 Å². The second-order valence-corrected chi connectivity index (χ2v) is 5.73. The normalized spacial score (nSPS) is 13.2. The molecule has 0 saturated carbocycles. The summed E-state index contributed by atoms with van der Waals surface area (Å²) in [6.45, 7) is 2.23. The lowest BCUT2D eigenvalue weighted by Gasteiger charge is -2.09. The van der Waals surface area contributed by atoms with Crippen molar-refractivity contribution in [2.75, 3.05) is 7.11 Å². The average molecular weight is 310 g/mol. The molecule has 0 aromatic carbocycles. The zero-order valence-corrected chi connectivity index (χ0v) is 14.4. The molecule has 3 nitrogen and oxygen atoms in total. The molecule has 22 heavy (non-hydrogen) atoms. The monoisotopic (exact) mass is 310 g/mol. The van der Waals surface area contributed by atoms with Crippen molar-refractivity contribution < 1.29 is 14.6 Å². The van der Waals surface area contributed by atoms with E-state index in [1.165, 1.54) is 39.2 Å². The first-order chi connectivity index (χ1) is 10.7. The molecule has 0 bridgehead atoms. The molecule has 0 aliphatic rings. The zero-order chi connectivity index (χ0) is 16.5. The molecule has 0 fully saturated rings. The van der Waals surface area contributed by atoms with E-state index in [1.54, 1.807) is 0 Å². The van der Waals surface area contributed by atoms with E-state index in [1.807, 2.05) is 0 Å². The number of aliphatic carboxylic acids is 1. The molecule has 0 aliphatic carbocycles. The molecule has 0 rings (SSSR count). The summed E-state index contributed by atoms with van der Waals surface area (Å²) in [5.74, 6) is -0.854. The molecule has 0 aliphatic heterocycles. The van der Waals surface area contributed by atoms with Crippen LogP contribution < -0.4 is 0 Å². The largest absolute Gasteiger partial charge is 0.479 e. The Bertz CT molecular complexity index is 308. The van der Waals surface area contributed by atoms with Crippen LogP contribution in [0, 0.1) is 0 Å². The Hall–Kier alpha value is -1.09. The van der Waals surface area contributed by atoms with E-state index in [9.17, 15) is 4.79 Å². The third-order valence-corrected chi connectivity index (χ3v) is 3.73. The second-order valence-electron chi connectivity index (χ2n) is 5.73. The molecule has 0 heterocycles. The van der Waals surface area contributed by atoms with Crippen LogP contribution in [0.25, 0.3) is 0 Å². The van der Waals surface area contributed by atoms with E-state index in [-0.39, 0.29) is 0 Å². The molecule has 1 atom stereocenters. The van der Waals surface area contributed by atoms with Gasteiger partial charge in [0.25, 0.3) is 0 Å². The van der Waals surface area contributed by atoms with Crippen molar-refractivity contribution in [3.05, 3.63) is 24.3 Å². The highest BCUT2D eigenvalue weighted by Gasteiger charge is 2.14. The van der Waals surface area contributed by atoms with E-state index in [4.69, 9.17) is 9.84 Å². The third-order valence-electron chi connectivity index (χ3n) is 3.73. The molecule has 0 aromatic rings. The highest BCUT2D eigenvalue weighted by molar-refractivity contribution is 5.72. The van der Waals surface area contributed by atoms with Crippen LogP contribution in [0.5, 0.6) is 0 Å². The van der Waals surface area contributed by atoms with Gasteiger partial charge in [0.2, 0.25) is 0 Å². The summed E-state index contributed by atoms with van der Waals surface area (Å²) in [7, 11) is 1.46. The number of methoxy groups -OCH3 is 1. The summed E-state index contributed by atoms with van der Waals surface area (Å²) < 4.78 is 4.91. The van der Waals surface area contributed by atoms with E-state index < -0.39 is 12.1 Å². The molecule has 0 radical (unpaired) electrons. The molecular formula is C19H34O3. The lowest BCUT2D eigenvalue weighted by Crippen LogP contribution is -2.21. The van der Waals surface area contributed by atoms with Crippen LogP contribution >= 0.6 is 0 Å². The molecule has 128 valence electrons. The molecular weight excluding hydrogens is 276 g/mol. The van der Waals surface area contributed by atoms with Gasteiger partial charge in [0.05, 0.1) is 0 Å². The lowest BCUT2D eigenvalue weighted by molar-refractivity contribution is -0.148. The van der Waals surface area contributed by atoms with Crippen LogP contribution in [0.1, 0.15) is 77.6 Å². The molecule has 1 N–H and O–H groups in total. The van der Waals surface area contributed by atoms with Crippen molar-refractivity contribution in [1.82, 2.24) is 0 Å². The number of carboxylic acid groups (broad SMARTS) is 1. The zero-order valence-electron chi connectivity index (χ0n) is 14.4. The smallest absolute Gasteiger partial charge is 0.332 e. The molecule has 0 spiro atoms. The summed E-state index contributed by atoms with van der Waals surface area (Å²) in [6, 6.07) is 0. The van der Waals surface area contributed by atoms with Gasteiger partial charge in [0.1, 0.15) is 0 Å². The Morgan fingerprint density at radius 2 is 1.55 bits per heavy atom. The maximum Gasteiger partial charge on any atom is 0.332 e. The Morgan fingerprint density at radius 1 is 0.955 bits per heavy atom. The van der Waals surface area contributed by atoms with Crippen molar-refractivity contribution in [3.63, 3.8) is 0 Å². The standard InChI is InChI=1S/C19H34O3/c1-3-4-5-6-7-8-9-10-11-12-13-14-15-16-17-18(22-2)19(20)21/h7-8,10-11,18H,3-6,9,12-17H2,1-2H3,(H,20,21)/b8-7-,11-10-. The average Bonchev–Trinajstić information content (AvgIpc) is 2.51. The van der Waals surface area contributed by atoms with Gasteiger partial charge in [0, 0.05) is 7.11 Å². The number of ether oxygens (including phenoxy) is 1. The fraction of sp³-hybridized carbons (Fsp3) is 0.737. The number of carboxylic acids is 1. The van der Waals surface area contributed by atoms with Gasteiger partial charge < -0.3 is 9.84 Å². The van der Waals surface area contributed by atoms with Crippen LogP contribution in [-0.2, 0) is 9.53 Å². The highest BCUT2D eigenvalue weighted by Crippen LogP contribution is 2.10. The number of carbonyl (C=O) groups is 1. The number of rotatable bonds is 15. The lowest BCUT2D eigenvalue weighted by atomic mass is 10.1. The number of unbranched alkanes of at least 4 members (excludes halogenated alkanes) is 7. The van der Waals surface area contributed by atoms with Gasteiger partial charge in [-0.15, -0.1) is 0 Å². The summed E-state index contributed by atoms with van der Waals surface area (Å²) in [6.07, 6.45) is 20.7. The molecule has 0 saturated heterocycles. The Balaban J connectivity index is 3.35. The second kappa shape index (κ2) is 16.3. The Kier molecular flexibility index (Phi) is 15.5. The fourth-order valence-electron chi connectivity index (χ4n) is 2.31. The summed E-state index contributed by atoms with van der Waals surface area (Å²) in [4.78, 5) is 10.8. The van der Waals surface area contributed by atoms with E-state index in [0.29, 0.717) is 6.42 Å². The maximum absolute atomic E-state index is 10.8. The van der Waals surface area contributed by atoms with Gasteiger partial charge in [-0.2, -0.15) is 0 Å². The predicted octanol–water partition coefficient (Wildman–Crippen LogP) is 5.51. The van der Waals surface area contributed by atoms with Crippen LogP contribution in [-0.4, -0.2) is 24.3 Å². The molecule has 1 unspecified atom stereocenters. The number of hydrogen-bond acceptors (Lipinski definition) is 2. The molecule has 0 amide bonds. The fourth-order valence-corrected chi connectivity index (χ4v) is 2.31. The van der Waals surface area contributed by atoms with Crippen molar-refractivity contribution in [2.24, 2.45) is 0 Å². The van der Waals surface area contributed by atoms with E-state index in [0.717, 1.165) is 32.1 Å². The molecule has 0 aromatic heterocycles. The minimum atomic E-state index is -0.854. The van der Waals surface area contributed by atoms with Gasteiger partial charge in [-0.25, -0.2) is 4.79 Å². The molecule has 3 heteroatoms. The van der Waals surface area contributed by atoms with Gasteiger partial charge in [-0.1, -0.05) is 63.3 Å². The van der Waals surface area contributed by atoms with Crippen molar-refractivity contribution >= 4 is 5.97 Å². The van der Waals surface area contributed by atoms with Gasteiger partial charge in [0.15, 0.2) is 6.10 Å². The first-order valence-electron chi connectivity index (χ1n) is 8.78. The topological polar surface area (TPSA) is 46.5 Å². The Labute approximate surface area is 136 Å². The predicted molar refractivity (Wildman–Crippen MR) is 93.2 cm³/mol. The van der Waals surface area contributed by atoms with Crippen LogP contribution in [0.2, 0.25) is 0 Å². The summed E-state index contributed by atoms with van der Waals surface area (Å²) in [5, 5.41) is 8.84. The minimum absolute atomic E-state index is 0.616. The van der Waals surface area contributed by atoms with Gasteiger partial charge in [-0.3, -0.25) is 0 Å². The first-order valence-corrected chi connectivity index (χ1v) is 8.78. The number of hydrogen-bond donors (Lipinski definition) is 1. The Morgan fingerprint density at radius 3 is 2.09 bits per heavy atom. The first kappa shape index (κ1) is 20.9.